The Morgan fingerprint density at radius 3 is 2.73 bits per heavy atom. The number of hydrogen-bond acceptors (Lipinski definition) is 4. The summed E-state index contributed by atoms with van der Waals surface area (Å²) >= 11 is 0. The van der Waals surface area contributed by atoms with Crippen molar-refractivity contribution in [3.63, 3.8) is 0 Å². The molecular formula is C18H24N4. The number of hydrogen-bond donors (Lipinski definition) is 1. The molecule has 0 atom stereocenters. The third-order valence-corrected chi connectivity index (χ3v) is 4.27. The smallest absolute Gasteiger partial charge is 0.227 e. The Balaban J connectivity index is 1.84. The number of piperidine rings is 1. The van der Waals surface area contributed by atoms with Gasteiger partial charge in [-0.3, -0.25) is 0 Å². The van der Waals surface area contributed by atoms with Crippen molar-refractivity contribution in [2.75, 3.05) is 23.3 Å². The van der Waals surface area contributed by atoms with Crippen LogP contribution < -0.4 is 10.2 Å². The third kappa shape index (κ3) is 3.21. The van der Waals surface area contributed by atoms with E-state index in [2.05, 4.69) is 47.2 Å². The van der Waals surface area contributed by atoms with Crippen LogP contribution in [-0.2, 0) is 6.42 Å². The maximum atomic E-state index is 4.71. The van der Waals surface area contributed by atoms with Crippen LogP contribution in [0.2, 0.25) is 0 Å². The Morgan fingerprint density at radius 2 is 1.95 bits per heavy atom. The van der Waals surface area contributed by atoms with Crippen LogP contribution in [0.25, 0.3) is 0 Å². The minimum atomic E-state index is 0.844. The molecule has 0 aliphatic carbocycles. The Morgan fingerprint density at radius 1 is 1.14 bits per heavy atom. The highest BCUT2D eigenvalue weighted by Gasteiger charge is 2.14. The fourth-order valence-corrected chi connectivity index (χ4v) is 2.99. The van der Waals surface area contributed by atoms with Gasteiger partial charge in [-0.2, -0.15) is 4.98 Å². The largest absolute Gasteiger partial charge is 0.341 e. The Kier molecular flexibility index (Phi) is 4.56. The Labute approximate surface area is 132 Å². The van der Waals surface area contributed by atoms with Crippen LogP contribution in [0.1, 0.15) is 37.3 Å². The first-order valence-corrected chi connectivity index (χ1v) is 8.21. The van der Waals surface area contributed by atoms with Crippen LogP contribution in [0.3, 0.4) is 0 Å². The fraction of sp³-hybridized carbons (Fsp3) is 0.444. The average Bonchev–Trinajstić information content (AvgIpc) is 2.58. The number of benzene rings is 1. The molecule has 4 heteroatoms. The molecule has 1 N–H and O–H groups in total. The maximum Gasteiger partial charge on any atom is 0.227 e. The van der Waals surface area contributed by atoms with Crippen molar-refractivity contribution in [3.8, 4) is 0 Å². The second-order valence-corrected chi connectivity index (χ2v) is 5.88. The Bertz CT molecular complexity index is 633. The van der Waals surface area contributed by atoms with Gasteiger partial charge >= 0.3 is 0 Å². The average molecular weight is 296 g/mol. The summed E-state index contributed by atoms with van der Waals surface area (Å²) in [7, 11) is 0. The lowest BCUT2D eigenvalue weighted by atomic mass is 10.1. The zero-order valence-corrected chi connectivity index (χ0v) is 13.5. The first-order valence-electron chi connectivity index (χ1n) is 8.21. The standard InChI is InChI=1S/C18H24N4/c1-3-15-9-7-8-14(2)17(15)20-16-10-11-19-18(21-16)22-12-5-4-6-13-22/h7-11H,3-6,12-13H2,1-2H3,(H,19,20,21). The predicted octanol–water partition coefficient (Wildman–Crippen LogP) is 4.08. The van der Waals surface area contributed by atoms with Crippen molar-refractivity contribution in [2.24, 2.45) is 0 Å². The number of nitrogens with one attached hydrogen (secondary N) is 1. The van der Waals surface area contributed by atoms with Crippen LogP contribution in [0.15, 0.2) is 30.5 Å². The van der Waals surface area contributed by atoms with Gasteiger partial charge < -0.3 is 10.2 Å². The molecule has 0 radical (unpaired) electrons. The highest BCUT2D eigenvalue weighted by atomic mass is 15.3. The van der Waals surface area contributed by atoms with E-state index in [1.54, 1.807) is 0 Å². The summed E-state index contributed by atoms with van der Waals surface area (Å²) < 4.78 is 0. The van der Waals surface area contributed by atoms with E-state index in [9.17, 15) is 0 Å². The minimum Gasteiger partial charge on any atom is -0.341 e. The summed E-state index contributed by atoms with van der Waals surface area (Å²) in [6.45, 7) is 6.44. The number of aromatic nitrogens is 2. The molecule has 1 fully saturated rings. The normalized spacial score (nSPS) is 14.9. The molecule has 0 spiro atoms. The lowest BCUT2D eigenvalue weighted by Gasteiger charge is -2.26. The minimum absolute atomic E-state index is 0.844. The monoisotopic (exact) mass is 296 g/mol. The van der Waals surface area contributed by atoms with Gasteiger partial charge in [-0.05, 0) is 49.8 Å². The lowest BCUT2D eigenvalue weighted by molar-refractivity contribution is 0.568. The van der Waals surface area contributed by atoms with E-state index in [0.717, 1.165) is 31.3 Å². The van der Waals surface area contributed by atoms with Gasteiger partial charge in [-0.15, -0.1) is 0 Å². The molecule has 3 rings (SSSR count). The first-order chi connectivity index (χ1) is 10.8. The van der Waals surface area contributed by atoms with Crippen molar-refractivity contribution >= 4 is 17.5 Å². The lowest BCUT2D eigenvalue weighted by Crippen LogP contribution is -2.31. The molecule has 0 saturated carbocycles. The molecule has 0 amide bonds. The third-order valence-electron chi connectivity index (χ3n) is 4.27. The van der Waals surface area contributed by atoms with E-state index in [-0.39, 0.29) is 0 Å². The van der Waals surface area contributed by atoms with Gasteiger partial charge in [0.15, 0.2) is 0 Å². The Hall–Kier alpha value is -2.10. The van der Waals surface area contributed by atoms with E-state index < -0.39 is 0 Å². The molecule has 1 aromatic carbocycles. The zero-order chi connectivity index (χ0) is 15.4. The summed E-state index contributed by atoms with van der Waals surface area (Å²) in [5, 5.41) is 3.49. The SMILES string of the molecule is CCc1cccc(C)c1Nc1ccnc(N2CCCCC2)n1. The summed E-state index contributed by atoms with van der Waals surface area (Å²) in [6, 6.07) is 8.36. The van der Waals surface area contributed by atoms with Gasteiger partial charge in [-0.1, -0.05) is 25.1 Å². The summed E-state index contributed by atoms with van der Waals surface area (Å²) in [5.74, 6) is 1.72. The van der Waals surface area contributed by atoms with E-state index in [1.165, 1.54) is 36.1 Å². The van der Waals surface area contributed by atoms with Crippen LogP contribution in [0.4, 0.5) is 17.5 Å². The number of anilines is 3. The van der Waals surface area contributed by atoms with Crippen molar-refractivity contribution in [3.05, 3.63) is 41.6 Å². The number of nitrogens with zero attached hydrogens (tertiary/aromatic N) is 3. The van der Waals surface area contributed by atoms with Gasteiger partial charge in [0.05, 0.1) is 0 Å². The fourth-order valence-electron chi connectivity index (χ4n) is 2.99. The molecule has 0 bridgehead atoms. The summed E-state index contributed by atoms with van der Waals surface area (Å²) in [5.41, 5.74) is 3.74. The van der Waals surface area contributed by atoms with E-state index in [0.29, 0.717) is 0 Å². The molecule has 22 heavy (non-hydrogen) atoms. The topological polar surface area (TPSA) is 41.1 Å². The molecule has 2 heterocycles. The predicted molar refractivity (Wildman–Crippen MR) is 91.9 cm³/mol. The zero-order valence-electron chi connectivity index (χ0n) is 13.5. The number of aryl methyl sites for hydroxylation is 2. The molecule has 1 aliphatic heterocycles. The molecule has 2 aromatic rings. The summed E-state index contributed by atoms with van der Waals surface area (Å²) in [4.78, 5) is 11.4. The van der Waals surface area contributed by atoms with E-state index >= 15 is 0 Å². The van der Waals surface area contributed by atoms with Gasteiger partial charge in [-0.25, -0.2) is 4.98 Å². The van der Waals surface area contributed by atoms with Crippen molar-refractivity contribution in [1.82, 2.24) is 9.97 Å². The second-order valence-electron chi connectivity index (χ2n) is 5.88. The van der Waals surface area contributed by atoms with Crippen LogP contribution >= 0.6 is 0 Å². The molecule has 1 saturated heterocycles. The highest BCUT2D eigenvalue weighted by molar-refractivity contribution is 5.65. The quantitative estimate of drug-likeness (QED) is 0.923. The number of para-hydroxylation sites is 1. The first kappa shape index (κ1) is 14.8. The molecule has 1 aromatic heterocycles. The van der Waals surface area contributed by atoms with Crippen molar-refractivity contribution in [1.29, 1.82) is 0 Å². The molecular weight excluding hydrogens is 272 g/mol. The van der Waals surface area contributed by atoms with Crippen LogP contribution in [0, 0.1) is 6.92 Å². The van der Waals surface area contributed by atoms with Crippen molar-refractivity contribution < 1.29 is 0 Å². The van der Waals surface area contributed by atoms with E-state index in [4.69, 9.17) is 4.98 Å². The van der Waals surface area contributed by atoms with Crippen LogP contribution in [-0.4, -0.2) is 23.1 Å². The molecule has 1 aliphatic rings. The number of rotatable bonds is 4. The second kappa shape index (κ2) is 6.77. The van der Waals surface area contributed by atoms with E-state index in [1.807, 2.05) is 12.3 Å². The molecule has 0 unspecified atom stereocenters. The summed E-state index contributed by atoms with van der Waals surface area (Å²) in [6.07, 6.45) is 6.65. The van der Waals surface area contributed by atoms with Gasteiger partial charge in [0.2, 0.25) is 5.95 Å². The van der Waals surface area contributed by atoms with Crippen molar-refractivity contribution in [2.45, 2.75) is 39.5 Å². The van der Waals surface area contributed by atoms with Gasteiger partial charge in [0.1, 0.15) is 5.82 Å². The van der Waals surface area contributed by atoms with Crippen LogP contribution in [0.5, 0.6) is 0 Å². The molecule has 4 nitrogen and oxygen atoms in total. The molecule has 116 valence electrons. The maximum absolute atomic E-state index is 4.71. The van der Waals surface area contributed by atoms with Gasteiger partial charge in [0, 0.05) is 25.0 Å². The van der Waals surface area contributed by atoms with Gasteiger partial charge in [0.25, 0.3) is 0 Å². The highest BCUT2D eigenvalue weighted by Crippen LogP contribution is 2.25.